The summed E-state index contributed by atoms with van der Waals surface area (Å²) >= 11 is 0. The Balaban J connectivity index is 2.26. The standard InChI is InChI=1S/C16H25NO2/c1-5-8-13-11-9-7-10-12(11)16(3,4)14(17-13)15(18)19-6-2/h7,9-11,13-14,17H,5-6,8H2,1-4H3/t11-,13+,14-/m1/s1. The van der Waals surface area contributed by atoms with E-state index in [0.717, 1.165) is 12.8 Å². The maximum atomic E-state index is 12.2. The molecule has 0 aromatic rings. The monoisotopic (exact) mass is 263 g/mol. The average molecular weight is 263 g/mol. The molecule has 106 valence electrons. The van der Waals surface area contributed by atoms with E-state index in [1.165, 1.54) is 5.57 Å². The number of hydrogen-bond acceptors (Lipinski definition) is 3. The highest BCUT2D eigenvalue weighted by atomic mass is 16.5. The van der Waals surface area contributed by atoms with Gasteiger partial charge in [0.05, 0.1) is 6.61 Å². The van der Waals surface area contributed by atoms with Gasteiger partial charge in [0.2, 0.25) is 0 Å². The lowest BCUT2D eigenvalue weighted by Gasteiger charge is -2.46. The van der Waals surface area contributed by atoms with Crippen LogP contribution < -0.4 is 5.32 Å². The van der Waals surface area contributed by atoms with Crippen LogP contribution in [0.5, 0.6) is 0 Å². The van der Waals surface area contributed by atoms with Crippen molar-refractivity contribution in [2.45, 2.75) is 52.6 Å². The Morgan fingerprint density at radius 3 is 2.79 bits per heavy atom. The maximum absolute atomic E-state index is 12.2. The highest BCUT2D eigenvalue weighted by Crippen LogP contribution is 2.45. The fourth-order valence-corrected chi connectivity index (χ4v) is 3.34. The van der Waals surface area contributed by atoms with Crippen LogP contribution in [0.15, 0.2) is 23.8 Å². The molecule has 0 aromatic carbocycles. The zero-order valence-electron chi connectivity index (χ0n) is 12.4. The molecule has 0 aromatic heterocycles. The van der Waals surface area contributed by atoms with Crippen molar-refractivity contribution in [3.63, 3.8) is 0 Å². The Bertz CT molecular complexity index is 409. The van der Waals surface area contributed by atoms with Crippen LogP contribution in [0, 0.1) is 11.3 Å². The Labute approximate surface area is 116 Å². The summed E-state index contributed by atoms with van der Waals surface area (Å²) in [5.74, 6) is 0.306. The van der Waals surface area contributed by atoms with Crippen LogP contribution in [0.25, 0.3) is 0 Å². The molecule has 1 fully saturated rings. The van der Waals surface area contributed by atoms with Crippen LogP contribution >= 0.6 is 0 Å². The van der Waals surface area contributed by atoms with Crippen LogP contribution in [0.1, 0.15) is 40.5 Å². The van der Waals surface area contributed by atoms with Crippen LogP contribution in [-0.4, -0.2) is 24.7 Å². The number of hydrogen-bond donors (Lipinski definition) is 1. The molecule has 3 atom stereocenters. The Hall–Kier alpha value is -1.09. The van der Waals surface area contributed by atoms with Crippen LogP contribution in [0.4, 0.5) is 0 Å². The van der Waals surface area contributed by atoms with E-state index in [1.807, 2.05) is 6.92 Å². The summed E-state index contributed by atoms with van der Waals surface area (Å²) in [7, 11) is 0. The van der Waals surface area contributed by atoms with E-state index in [4.69, 9.17) is 4.74 Å². The van der Waals surface area contributed by atoms with Crippen molar-refractivity contribution in [1.82, 2.24) is 5.32 Å². The minimum absolute atomic E-state index is 0.125. The summed E-state index contributed by atoms with van der Waals surface area (Å²) in [5.41, 5.74) is 1.17. The van der Waals surface area contributed by atoms with E-state index in [9.17, 15) is 4.79 Å². The number of ether oxygens (including phenoxy) is 1. The van der Waals surface area contributed by atoms with Gasteiger partial charge in [-0.15, -0.1) is 0 Å². The number of fused-ring (bicyclic) bond motifs is 1. The van der Waals surface area contributed by atoms with Crippen molar-refractivity contribution in [3.8, 4) is 0 Å². The van der Waals surface area contributed by atoms with E-state index in [1.54, 1.807) is 0 Å². The third kappa shape index (κ3) is 2.48. The van der Waals surface area contributed by atoms with Gasteiger partial charge in [0.15, 0.2) is 0 Å². The van der Waals surface area contributed by atoms with Crippen molar-refractivity contribution in [2.75, 3.05) is 6.61 Å². The van der Waals surface area contributed by atoms with Crippen molar-refractivity contribution in [2.24, 2.45) is 11.3 Å². The molecule has 19 heavy (non-hydrogen) atoms. The van der Waals surface area contributed by atoms with Gasteiger partial charge in [0.25, 0.3) is 0 Å². The van der Waals surface area contributed by atoms with Crippen molar-refractivity contribution < 1.29 is 9.53 Å². The summed E-state index contributed by atoms with van der Waals surface area (Å²) < 4.78 is 5.24. The van der Waals surface area contributed by atoms with E-state index >= 15 is 0 Å². The topological polar surface area (TPSA) is 38.3 Å². The first-order valence-corrected chi connectivity index (χ1v) is 7.33. The number of piperidine rings is 1. The van der Waals surface area contributed by atoms with Gasteiger partial charge in [-0.3, -0.25) is 10.1 Å². The molecule has 0 saturated carbocycles. The third-order valence-corrected chi connectivity index (χ3v) is 4.36. The summed E-state index contributed by atoms with van der Waals surface area (Å²) in [6.45, 7) is 8.75. The van der Waals surface area contributed by atoms with E-state index in [2.05, 4.69) is 44.3 Å². The zero-order chi connectivity index (χ0) is 14.0. The van der Waals surface area contributed by atoms with E-state index in [0.29, 0.717) is 18.6 Å². The molecular weight excluding hydrogens is 238 g/mol. The predicted octanol–water partition coefficient (Wildman–Crippen LogP) is 2.83. The molecule has 0 bridgehead atoms. The van der Waals surface area contributed by atoms with Crippen LogP contribution in [0.3, 0.4) is 0 Å². The van der Waals surface area contributed by atoms with Gasteiger partial charge in [0.1, 0.15) is 6.04 Å². The van der Waals surface area contributed by atoms with Gasteiger partial charge in [-0.05, 0) is 13.3 Å². The molecular formula is C16H25NO2. The Kier molecular flexibility index (Phi) is 4.14. The zero-order valence-corrected chi connectivity index (χ0v) is 12.4. The van der Waals surface area contributed by atoms with E-state index in [-0.39, 0.29) is 17.4 Å². The molecule has 1 aliphatic carbocycles. The van der Waals surface area contributed by atoms with Gasteiger partial charge in [0, 0.05) is 17.4 Å². The van der Waals surface area contributed by atoms with Crippen molar-refractivity contribution in [1.29, 1.82) is 0 Å². The lowest BCUT2D eigenvalue weighted by molar-refractivity contribution is -0.149. The first-order chi connectivity index (χ1) is 9.02. The van der Waals surface area contributed by atoms with Crippen LogP contribution in [0.2, 0.25) is 0 Å². The highest BCUT2D eigenvalue weighted by Gasteiger charge is 2.48. The predicted molar refractivity (Wildman–Crippen MR) is 76.7 cm³/mol. The highest BCUT2D eigenvalue weighted by molar-refractivity contribution is 5.78. The molecule has 0 unspecified atom stereocenters. The molecule has 1 aliphatic heterocycles. The second-order valence-electron chi connectivity index (χ2n) is 6.00. The number of carbonyl (C=O) groups excluding carboxylic acids is 1. The smallest absolute Gasteiger partial charge is 0.324 e. The molecule has 1 heterocycles. The van der Waals surface area contributed by atoms with Gasteiger partial charge >= 0.3 is 5.97 Å². The molecule has 0 amide bonds. The number of esters is 1. The van der Waals surface area contributed by atoms with E-state index < -0.39 is 0 Å². The second-order valence-corrected chi connectivity index (χ2v) is 6.00. The second kappa shape index (κ2) is 5.49. The van der Waals surface area contributed by atoms with Gasteiger partial charge in [-0.25, -0.2) is 0 Å². The van der Waals surface area contributed by atoms with Crippen molar-refractivity contribution in [3.05, 3.63) is 23.8 Å². The molecule has 3 heteroatoms. The largest absolute Gasteiger partial charge is 0.465 e. The molecule has 1 saturated heterocycles. The fourth-order valence-electron chi connectivity index (χ4n) is 3.34. The number of allylic oxidation sites excluding steroid dienone is 2. The Morgan fingerprint density at radius 1 is 1.42 bits per heavy atom. The first kappa shape index (κ1) is 14.3. The summed E-state index contributed by atoms with van der Waals surface area (Å²) in [5, 5.41) is 3.53. The normalized spacial score (nSPS) is 31.8. The molecule has 2 rings (SSSR count). The Morgan fingerprint density at radius 2 is 2.16 bits per heavy atom. The van der Waals surface area contributed by atoms with Gasteiger partial charge in [-0.2, -0.15) is 0 Å². The maximum Gasteiger partial charge on any atom is 0.324 e. The molecule has 0 radical (unpaired) electrons. The minimum Gasteiger partial charge on any atom is -0.465 e. The summed E-state index contributed by atoms with van der Waals surface area (Å²) in [4.78, 5) is 12.2. The quantitative estimate of drug-likeness (QED) is 0.793. The molecule has 3 nitrogen and oxygen atoms in total. The molecule has 0 spiro atoms. The van der Waals surface area contributed by atoms with Gasteiger partial charge in [-0.1, -0.05) is 51.0 Å². The molecule has 1 N–H and O–H groups in total. The lowest BCUT2D eigenvalue weighted by Crippen LogP contribution is -2.60. The first-order valence-electron chi connectivity index (χ1n) is 7.33. The third-order valence-electron chi connectivity index (χ3n) is 4.36. The number of rotatable bonds is 4. The van der Waals surface area contributed by atoms with Crippen molar-refractivity contribution >= 4 is 5.97 Å². The fraction of sp³-hybridized carbons (Fsp3) is 0.688. The molecule has 2 aliphatic rings. The lowest BCUT2D eigenvalue weighted by atomic mass is 9.67. The SMILES string of the molecule is CCC[C@@H]1N[C@H](C(=O)OCC)C(C)(C)C2=CC=C[C@H]21. The number of nitrogens with one attached hydrogen (secondary N) is 1. The van der Waals surface area contributed by atoms with Gasteiger partial charge < -0.3 is 4.74 Å². The minimum atomic E-state index is -0.244. The average Bonchev–Trinajstić information content (AvgIpc) is 2.83. The van der Waals surface area contributed by atoms with Crippen LogP contribution in [-0.2, 0) is 9.53 Å². The summed E-state index contributed by atoms with van der Waals surface area (Å²) in [6, 6.07) is 0.101. The number of carbonyl (C=O) groups is 1. The summed E-state index contributed by atoms with van der Waals surface area (Å²) in [6.07, 6.45) is 8.76.